The molecule has 2 aromatic rings. The smallest absolute Gasteiger partial charge is 0.137 e. The highest BCUT2D eigenvalue weighted by Gasteiger charge is 2.19. The molecule has 0 fully saturated rings. The molecule has 3 nitrogen and oxygen atoms in total. The van der Waals surface area contributed by atoms with Crippen molar-refractivity contribution in [1.29, 1.82) is 0 Å². The Kier molecular flexibility index (Phi) is 5.32. The summed E-state index contributed by atoms with van der Waals surface area (Å²) in [4.78, 5) is 0. The van der Waals surface area contributed by atoms with Crippen molar-refractivity contribution in [3.63, 3.8) is 0 Å². The van der Waals surface area contributed by atoms with Crippen LogP contribution in [0, 0.1) is 13.8 Å². The van der Waals surface area contributed by atoms with Crippen LogP contribution in [0.5, 0.6) is 5.75 Å². The van der Waals surface area contributed by atoms with Crippen LogP contribution in [0.25, 0.3) is 0 Å². The predicted molar refractivity (Wildman–Crippen MR) is 86.3 cm³/mol. The number of aryl methyl sites for hydroxylation is 2. The van der Waals surface area contributed by atoms with Crippen LogP contribution in [0.1, 0.15) is 42.0 Å². The second-order valence-electron chi connectivity index (χ2n) is 5.15. The van der Waals surface area contributed by atoms with Gasteiger partial charge in [0.25, 0.3) is 0 Å². The van der Waals surface area contributed by atoms with E-state index in [4.69, 9.17) is 20.8 Å². The summed E-state index contributed by atoms with van der Waals surface area (Å²) >= 11 is 6.26. The third-order valence-corrected chi connectivity index (χ3v) is 3.79. The van der Waals surface area contributed by atoms with Crippen LogP contribution in [-0.2, 0) is 0 Å². The average Bonchev–Trinajstić information content (AvgIpc) is 2.78. The third-order valence-electron chi connectivity index (χ3n) is 3.50. The van der Waals surface area contributed by atoms with Crippen LogP contribution < -0.4 is 10.1 Å². The second kappa shape index (κ2) is 7.01. The van der Waals surface area contributed by atoms with Crippen molar-refractivity contribution in [2.45, 2.75) is 33.2 Å². The zero-order valence-corrected chi connectivity index (χ0v) is 13.8. The Hall–Kier alpha value is -1.45. The van der Waals surface area contributed by atoms with Gasteiger partial charge in [0.05, 0.1) is 18.2 Å². The number of ether oxygens (including phenoxy) is 1. The zero-order valence-electron chi connectivity index (χ0n) is 13.0. The summed E-state index contributed by atoms with van der Waals surface area (Å²) in [5.74, 6) is 2.55. The molecule has 1 aromatic heterocycles. The van der Waals surface area contributed by atoms with E-state index in [1.54, 1.807) is 7.11 Å². The fraction of sp³-hybridized carbons (Fsp3) is 0.412. The topological polar surface area (TPSA) is 34.4 Å². The first-order valence-corrected chi connectivity index (χ1v) is 7.58. The summed E-state index contributed by atoms with van der Waals surface area (Å²) < 4.78 is 10.9. The summed E-state index contributed by atoms with van der Waals surface area (Å²) in [5.41, 5.74) is 2.26. The summed E-state index contributed by atoms with van der Waals surface area (Å²) in [7, 11) is 1.62. The van der Waals surface area contributed by atoms with E-state index in [0.29, 0.717) is 10.8 Å². The largest absolute Gasteiger partial charge is 0.495 e. The number of benzene rings is 1. The van der Waals surface area contributed by atoms with E-state index in [1.165, 1.54) is 0 Å². The fourth-order valence-electron chi connectivity index (χ4n) is 2.50. The van der Waals surface area contributed by atoms with Gasteiger partial charge in [-0.2, -0.15) is 0 Å². The molecular formula is C17H22ClNO2. The average molecular weight is 308 g/mol. The SMILES string of the molecule is CCCNC(c1ccc(OC)c(Cl)c1)c1cc(C)oc1C. The van der Waals surface area contributed by atoms with E-state index in [2.05, 4.69) is 18.3 Å². The first-order chi connectivity index (χ1) is 10.1. The number of hydrogen-bond donors (Lipinski definition) is 1. The maximum absolute atomic E-state index is 6.26. The lowest BCUT2D eigenvalue weighted by molar-refractivity contribution is 0.414. The van der Waals surface area contributed by atoms with Gasteiger partial charge in [0.1, 0.15) is 17.3 Å². The normalized spacial score (nSPS) is 12.4. The highest BCUT2D eigenvalue weighted by atomic mass is 35.5. The Balaban J connectivity index is 2.40. The lowest BCUT2D eigenvalue weighted by Gasteiger charge is -2.19. The molecule has 0 bridgehead atoms. The highest BCUT2D eigenvalue weighted by Crippen LogP contribution is 2.32. The number of halogens is 1. The molecule has 0 saturated carbocycles. The minimum absolute atomic E-state index is 0.0748. The molecule has 114 valence electrons. The molecule has 21 heavy (non-hydrogen) atoms. The van der Waals surface area contributed by atoms with E-state index in [9.17, 15) is 0 Å². The van der Waals surface area contributed by atoms with Crippen LogP contribution >= 0.6 is 11.6 Å². The van der Waals surface area contributed by atoms with Crippen molar-refractivity contribution in [2.24, 2.45) is 0 Å². The Morgan fingerprint density at radius 1 is 1.29 bits per heavy atom. The number of methoxy groups -OCH3 is 1. The number of nitrogens with one attached hydrogen (secondary N) is 1. The van der Waals surface area contributed by atoms with Gasteiger partial charge in [0.2, 0.25) is 0 Å². The molecule has 0 amide bonds. The minimum atomic E-state index is 0.0748. The summed E-state index contributed by atoms with van der Waals surface area (Å²) in [5, 5.41) is 4.18. The second-order valence-corrected chi connectivity index (χ2v) is 5.56. The predicted octanol–water partition coefficient (Wildman–Crippen LogP) is 4.65. The van der Waals surface area contributed by atoms with Crippen molar-refractivity contribution in [3.05, 3.63) is 51.9 Å². The Morgan fingerprint density at radius 3 is 2.57 bits per heavy atom. The van der Waals surface area contributed by atoms with Crippen molar-refractivity contribution >= 4 is 11.6 Å². The lowest BCUT2D eigenvalue weighted by Crippen LogP contribution is -2.23. The van der Waals surface area contributed by atoms with Crippen LogP contribution in [0.2, 0.25) is 5.02 Å². The molecule has 4 heteroatoms. The fourth-order valence-corrected chi connectivity index (χ4v) is 2.76. The monoisotopic (exact) mass is 307 g/mol. The van der Waals surface area contributed by atoms with Gasteiger partial charge < -0.3 is 14.5 Å². The van der Waals surface area contributed by atoms with Crippen molar-refractivity contribution in [3.8, 4) is 5.75 Å². The van der Waals surface area contributed by atoms with E-state index < -0.39 is 0 Å². The van der Waals surface area contributed by atoms with Crippen LogP contribution in [0.3, 0.4) is 0 Å². The van der Waals surface area contributed by atoms with Gasteiger partial charge in [-0.05, 0) is 50.6 Å². The Labute approximate surface area is 131 Å². The molecule has 1 aromatic carbocycles. The maximum atomic E-state index is 6.26. The van der Waals surface area contributed by atoms with Crippen LogP contribution in [0.4, 0.5) is 0 Å². The summed E-state index contributed by atoms with van der Waals surface area (Å²) in [6, 6.07) is 8.06. The zero-order chi connectivity index (χ0) is 15.4. The lowest BCUT2D eigenvalue weighted by atomic mass is 9.98. The van der Waals surface area contributed by atoms with E-state index in [1.807, 2.05) is 32.0 Å². The van der Waals surface area contributed by atoms with E-state index >= 15 is 0 Å². The number of furan rings is 1. The van der Waals surface area contributed by atoms with Crippen molar-refractivity contribution < 1.29 is 9.15 Å². The molecule has 1 unspecified atom stereocenters. The molecule has 1 N–H and O–H groups in total. The Bertz CT molecular complexity index is 607. The molecular weight excluding hydrogens is 286 g/mol. The molecule has 0 saturated heterocycles. The van der Waals surface area contributed by atoms with Gasteiger partial charge in [-0.25, -0.2) is 0 Å². The number of rotatable bonds is 6. The molecule has 0 radical (unpaired) electrons. The minimum Gasteiger partial charge on any atom is -0.495 e. The van der Waals surface area contributed by atoms with Gasteiger partial charge in [-0.15, -0.1) is 0 Å². The van der Waals surface area contributed by atoms with Gasteiger partial charge >= 0.3 is 0 Å². The van der Waals surface area contributed by atoms with Crippen LogP contribution in [-0.4, -0.2) is 13.7 Å². The van der Waals surface area contributed by atoms with Crippen molar-refractivity contribution in [1.82, 2.24) is 5.32 Å². The van der Waals surface area contributed by atoms with Gasteiger partial charge in [-0.3, -0.25) is 0 Å². The third kappa shape index (κ3) is 3.60. The molecule has 2 rings (SSSR count). The van der Waals surface area contributed by atoms with E-state index in [-0.39, 0.29) is 6.04 Å². The van der Waals surface area contributed by atoms with Crippen LogP contribution in [0.15, 0.2) is 28.7 Å². The molecule has 0 spiro atoms. The van der Waals surface area contributed by atoms with E-state index in [0.717, 1.165) is 35.6 Å². The first kappa shape index (κ1) is 15.9. The van der Waals surface area contributed by atoms with Gasteiger partial charge in [-0.1, -0.05) is 24.6 Å². The number of hydrogen-bond acceptors (Lipinski definition) is 3. The van der Waals surface area contributed by atoms with Crippen molar-refractivity contribution in [2.75, 3.05) is 13.7 Å². The molecule has 0 aliphatic rings. The first-order valence-electron chi connectivity index (χ1n) is 7.20. The van der Waals surface area contributed by atoms with Gasteiger partial charge in [0, 0.05) is 5.56 Å². The van der Waals surface area contributed by atoms with Gasteiger partial charge in [0.15, 0.2) is 0 Å². The molecule has 1 heterocycles. The Morgan fingerprint density at radius 2 is 2.05 bits per heavy atom. The summed E-state index contributed by atoms with van der Waals surface area (Å²) in [6.45, 7) is 7.04. The molecule has 0 aliphatic heterocycles. The molecule has 1 atom stereocenters. The summed E-state index contributed by atoms with van der Waals surface area (Å²) in [6.07, 6.45) is 1.07. The standard InChI is InChI=1S/C17H22ClNO2/c1-5-8-19-17(14-9-11(2)21-12(14)3)13-6-7-16(20-4)15(18)10-13/h6-7,9-10,17,19H,5,8H2,1-4H3. The quantitative estimate of drug-likeness (QED) is 0.843. The maximum Gasteiger partial charge on any atom is 0.137 e. The molecule has 0 aliphatic carbocycles. The highest BCUT2D eigenvalue weighted by molar-refractivity contribution is 6.32.